The third-order valence-corrected chi connectivity index (χ3v) is 4.90. The number of rotatable bonds is 4. The number of para-hydroxylation sites is 2. The molecule has 0 aliphatic carbocycles. The Labute approximate surface area is 164 Å². The van der Waals surface area contributed by atoms with E-state index in [4.69, 9.17) is 4.74 Å². The largest absolute Gasteiger partial charge is 0.496 e. The van der Waals surface area contributed by atoms with Gasteiger partial charge in [-0.05, 0) is 36.8 Å². The summed E-state index contributed by atoms with van der Waals surface area (Å²) in [6.45, 7) is 1.89. The van der Waals surface area contributed by atoms with Crippen LogP contribution in [0, 0.1) is 6.92 Å². The van der Waals surface area contributed by atoms with Crippen LogP contribution in [0.4, 0.5) is 0 Å². The van der Waals surface area contributed by atoms with E-state index >= 15 is 0 Å². The van der Waals surface area contributed by atoms with Crippen molar-refractivity contribution in [2.75, 3.05) is 7.11 Å². The van der Waals surface area contributed by atoms with Crippen molar-refractivity contribution in [3.05, 3.63) is 107 Å². The van der Waals surface area contributed by atoms with Crippen molar-refractivity contribution in [2.45, 2.75) is 6.92 Å². The van der Waals surface area contributed by atoms with Crippen molar-refractivity contribution in [1.82, 2.24) is 4.57 Å². The Morgan fingerprint density at radius 2 is 1.39 bits per heavy atom. The van der Waals surface area contributed by atoms with Crippen LogP contribution >= 0.6 is 0 Å². The molecule has 0 atom stereocenters. The van der Waals surface area contributed by atoms with Gasteiger partial charge in [0.15, 0.2) is 5.43 Å². The lowest BCUT2D eigenvalue weighted by Gasteiger charge is -2.22. The van der Waals surface area contributed by atoms with Crippen molar-refractivity contribution >= 4 is 0 Å². The van der Waals surface area contributed by atoms with Crippen LogP contribution in [-0.2, 0) is 0 Å². The molecule has 0 N–H and O–H groups in total. The Bertz CT molecular complexity index is 1160. The molecule has 0 spiro atoms. The normalized spacial score (nSPS) is 10.6. The number of nitrogens with zero attached hydrogens (tertiary/aromatic N) is 1. The molecule has 0 radical (unpaired) electrons. The van der Waals surface area contributed by atoms with Crippen molar-refractivity contribution in [1.29, 1.82) is 0 Å². The minimum atomic E-state index is 0.00643. The second kappa shape index (κ2) is 7.57. The van der Waals surface area contributed by atoms with Gasteiger partial charge in [-0.25, -0.2) is 0 Å². The average molecular weight is 367 g/mol. The lowest BCUT2D eigenvalue weighted by atomic mass is 10.0. The molecule has 0 bridgehead atoms. The Morgan fingerprint density at radius 1 is 0.786 bits per heavy atom. The zero-order valence-electron chi connectivity index (χ0n) is 15.9. The van der Waals surface area contributed by atoms with E-state index in [1.165, 1.54) is 0 Å². The highest BCUT2D eigenvalue weighted by atomic mass is 16.5. The predicted octanol–water partition coefficient (Wildman–Crippen LogP) is 5.49. The molecule has 28 heavy (non-hydrogen) atoms. The molecule has 0 fully saturated rings. The molecule has 0 saturated heterocycles. The monoisotopic (exact) mass is 367 g/mol. The van der Waals surface area contributed by atoms with Gasteiger partial charge in [0.25, 0.3) is 0 Å². The van der Waals surface area contributed by atoms with E-state index in [-0.39, 0.29) is 5.43 Å². The third-order valence-electron chi connectivity index (χ3n) is 4.90. The highest BCUT2D eigenvalue weighted by Crippen LogP contribution is 2.35. The highest BCUT2D eigenvalue weighted by Gasteiger charge is 2.18. The summed E-state index contributed by atoms with van der Waals surface area (Å²) >= 11 is 0. The van der Waals surface area contributed by atoms with Crippen LogP contribution in [0.1, 0.15) is 5.56 Å². The number of pyridine rings is 1. The van der Waals surface area contributed by atoms with Crippen LogP contribution in [0.2, 0.25) is 0 Å². The van der Waals surface area contributed by atoms with Gasteiger partial charge in [-0.1, -0.05) is 60.7 Å². The fourth-order valence-corrected chi connectivity index (χ4v) is 3.54. The molecule has 4 rings (SSSR count). The van der Waals surface area contributed by atoms with Gasteiger partial charge < -0.3 is 9.30 Å². The van der Waals surface area contributed by atoms with E-state index in [9.17, 15) is 4.79 Å². The van der Waals surface area contributed by atoms with E-state index in [2.05, 4.69) is 16.7 Å². The molecule has 0 unspecified atom stereocenters. The summed E-state index contributed by atoms with van der Waals surface area (Å²) < 4.78 is 7.73. The van der Waals surface area contributed by atoms with Crippen LogP contribution < -0.4 is 10.2 Å². The van der Waals surface area contributed by atoms with Gasteiger partial charge in [0.1, 0.15) is 5.75 Å². The first-order chi connectivity index (χ1) is 13.7. The fourth-order valence-electron chi connectivity index (χ4n) is 3.54. The van der Waals surface area contributed by atoms with Gasteiger partial charge in [-0.15, -0.1) is 0 Å². The minimum Gasteiger partial charge on any atom is -0.496 e. The molecule has 3 nitrogen and oxygen atoms in total. The second-order valence-corrected chi connectivity index (χ2v) is 6.60. The number of aromatic nitrogens is 1. The molecule has 1 heterocycles. The Morgan fingerprint density at radius 3 is 2.07 bits per heavy atom. The molecule has 0 aliphatic heterocycles. The number of benzene rings is 3. The molecule has 0 amide bonds. The molecular formula is C25H21NO2. The van der Waals surface area contributed by atoms with E-state index in [1.807, 2.05) is 79.7 Å². The predicted molar refractivity (Wildman–Crippen MR) is 114 cm³/mol. The molecule has 1 aromatic heterocycles. The smallest absolute Gasteiger partial charge is 0.185 e. The lowest BCUT2D eigenvalue weighted by Crippen LogP contribution is -2.15. The first kappa shape index (κ1) is 17.8. The maximum Gasteiger partial charge on any atom is 0.185 e. The van der Waals surface area contributed by atoms with Crippen LogP contribution in [-0.4, -0.2) is 11.7 Å². The summed E-state index contributed by atoms with van der Waals surface area (Å²) in [4.78, 5) is 12.9. The Kier molecular flexibility index (Phi) is 4.81. The highest BCUT2D eigenvalue weighted by molar-refractivity contribution is 5.76. The van der Waals surface area contributed by atoms with Crippen LogP contribution in [0.5, 0.6) is 5.75 Å². The summed E-state index contributed by atoms with van der Waals surface area (Å²) in [5.74, 6) is 0.731. The molecule has 4 aromatic rings. The fraction of sp³-hybridized carbons (Fsp3) is 0.0800. The quantitative estimate of drug-likeness (QED) is 0.478. The number of ether oxygens (including phenoxy) is 1. The van der Waals surface area contributed by atoms with Gasteiger partial charge >= 0.3 is 0 Å². The zero-order chi connectivity index (χ0) is 19.5. The number of methoxy groups -OCH3 is 1. The van der Waals surface area contributed by atoms with Gasteiger partial charge in [0.2, 0.25) is 0 Å². The molecule has 3 heteroatoms. The van der Waals surface area contributed by atoms with Crippen molar-refractivity contribution in [3.8, 4) is 34.0 Å². The lowest BCUT2D eigenvalue weighted by molar-refractivity contribution is 0.416. The molecule has 0 saturated carbocycles. The topological polar surface area (TPSA) is 31.2 Å². The van der Waals surface area contributed by atoms with Crippen LogP contribution in [0.3, 0.4) is 0 Å². The summed E-state index contributed by atoms with van der Waals surface area (Å²) in [5, 5.41) is 0. The van der Waals surface area contributed by atoms with Crippen molar-refractivity contribution < 1.29 is 4.74 Å². The maximum absolute atomic E-state index is 12.9. The molecule has 0 aliphatic rings. The Hall–Kier alpha value is -3.59. The van der Waals surface area contributed by atoms with Gasteiger partial charge in [-0.3, -0.25) is 4.79 Å². The SMILES string of the molecule is COc1ccccc1-c1cc(=O)c(C)c(-c2ccccc2)n1-c1ccccc1. The summed E-state index contributed by atoms with van der Waals surface area (Å²) in [6.07, 6.45) is 0. The van der Waals surface area contributed by atoms with Crippen LogP contribution in [0.25, 0.3) is 28.2 Å². The molecular weight excluding hydrogens is 346 g/mol. The first-order valence-corrected chi connectivity index (χ1v) is 9.21. The van der Waals surface area contributed by atoms with Crippen molar-refractivity contribution in [3.63, 3.8) is 0 Å². The summed E-state index contributed by atoms with van der Waals surface area (Å²) in [7, 11) is 1.65. The summed E-state index contributed by atoms with van der Waals surface area (Å²) in [6, 6.07) is 29.6. The van der Waals surface area contributed by atoms with Crippen molar-refractivity contribution in [2.24, 2.45) is 0 Å². The van der Waals surface area contributed by atoms with E-state index in [1.54, 1.807) is 13.2 Å². The standard InChI is InChI=1S/C25H21NO2/c1-18-23(27)17-22(21-15-9-10-16-24(21)28-2)26(20-13-7-4-8-14-20)25(18)19-11-5-3-6-12-19/h3-17H,1-2H3. The molecule has 3 aromatic carbocycles. The second-order valence-electron chi connectivity index (χ2n) is 6.60. The number of hydrogen-bond acceptors (Lipinski definition) is 2. The van der Waals surface area contributed by atoms with E-state index in [0.29, 0.717) is 5.56 Å². The summed E-state index contributed by atoms with van der Waals surface area (Å²) in [5.41, 5.74) is 5.28. The first-order valence-electron chi connectivity index (χ1n) is 9.21. The number of hydrogen-bond donors (Lipinski definition) is 0. The maximum atomic E-state index is 12.9. The Balaban J connectivity index is 2.16. The van der Waals surface area contributed by atoms with E-state index in [0.717, 1.165) is 34.0 Å². The van der Waals surface area contributed by atoms with Crippen LogP contribution in [0.15, 0.2) is 95.8 Å². The van der Waals surface area contributed by atoms with Gasteiger partial charge in [0, 0.05) is 22.9 Å². The zero-order valence-corrected chi connectivity index (χ0v) is 15.9. The third kappa shape index (κ3) is 3.12. The molecule has 138 valence electrons. The average Bonchev–Trinajstić information content (AvgIpc) is 2.76. The van der Waals surface area contributed by atoms with Gasteiger partial charge in [0.05, 0.1) is 18.5 Å². The minimum absolute atomic E-state index is 0.00643. The van der Waals surface area contributed by atoms with Gasteiger partial charge in [-0.2, -0.15) is 0 Å². The van der Waals surface area contributed by atoms with E-state index < -0.39 is 0 Å².